The van der Waals surface area contributed by atoms with Gasteiger partial charge in [-0.1, -0.05) is 102 Å². The summed E-state index contributed by atoms with van der Waals surface area (Å²) in [5, 5.41) is 85.4. The van der Waals surface area contributed by atoms with Crippen molar-refractivity contribution in [2.45, 2.75) is 197 Å². The summed E-state index contributed by atoms with van der Waals surface area (Å²) in [5.74, 6) is -0.263. The molecule has 0 aromatic rings. The zero-order chi connectivity index (χ0) is 39.0. The van der Waals surface area contributed by atoms with Gasteiger partial charge in [0.2, 0.25) is 5.91 Å². The zero-order valence-electron chi connectivity index (χ0n) is 32.0. The van der Waals surface area contributed by atoms with E-state index in [1.165, 1.54) is 44.9 Å². The molecule has 0 radical (unpaired) electrons. The van der Waals surface area contributed by atoms with Gasteiger partial charge in [-0.25, -0.2) is 0 Å². The van der Waals surface area contributed by atoms with E-state index in [0.29, 0.717) is 6.42 Å². The first-order valence-corrected chi connectivity index (χ1v) is 20.1. The number of hydrogen-bond acceptors (Lipinski definition) is 13. The third-order valence-corrected chi connectivity index (χ3v) is 9.86. The van der Waals surface area contributed by atoms with Crippen molar-refractivity contribution in [1.29, 1.82) is 0 Å². The fraction of sp³-hybridized carbons (Fsp3) is 0.872. The number of hydrogen-bond donors (Lipinski definition) is 9. The van der Waals surface area contributed by atoms with Crippen LogP contribution in [0, 0.1) is 0 Å². The average molecular weight is 762 g/mol. The number of aliphatic hydroxyl groups excluding tert-OH is 8. The molecule has 14 nitrogen and oxygen atoms in total. The smallest absolute Gasteiger partial charge is 0.220 e. The van der Waals surface area contributed by atoms with Gasteiger partial charge in [-0.2, -0.15) is 0 Å². The first-order valence-electron chi connectivity index (χ1n) is 20.1. The normalized spacial score (nSPS) is 30.6. The third kappa shape index (κ3) is 17.4. The minimum atomic E-state index is -1.78. The molecule has 2 saturated heterocycles. The lowest BCUT2D eigenvalue weighted by atomic mass is 9.97. The lowest BCUT2D eigenvalue weighted by Crippen LogP contribution is -2.65. The Morgan fingerprint density at radius 1 is 0.660 bits per heavy atom. The second kappa shape index (κ2) is 28.0. The zero-order valence-corrected chi connectivity index (χ0v) is 32.0. The Bertz CT molecular complexity index is 998. The van der Waals surface area contributed by atoms with Crippen LogP contribution in [0.2, 0.25) is 0 Å². The Balaban J connectivity index is 1.80. The van der Waals surface area contributed by atoms with E-state index in [1.807, 2.05) is 6.92 Å². The maximum Gasteiger partial charge on any atom is 0.220 e. The van der Waals surface area contributed by atoms with Crippen LogP contribution in [0.5, 0.6) is 0 Å². The highest BCUT2D eigenvalue weighted by molar-refractivity contribution is 5.76. The van der Waals surface area contributed by atoms with Crippen molar-refractivity contribution in [3.63, 3.8) is 0 Å². The van der Waals surface area contributed by atoms with Crippen LogP contribution in [0.1, 0.15) is 123 Å². The number of rotatable bonds is 28. The molecule has 12 atom stereocenters. The molecule has 2 heterocycles. The van der Waals surface area contributed by atoms with Crippen molar-refractivity contribution in [2.24, 2.45) is 0 Å². The summed E-state index contributed by atoms with van der Waals surface area (Å²) < 4.78 is 22.4. The van der Waals surface area contributed by atoms with Crippen molar-refractivity contribution >= 4 is 5.91 Å². The molecule has 2 rings (SSSR count). The quantitative estimate of drug-likeness (QED) is 0.0413. The van der Waals surface area contributed by atoms with Crippen LogP contribution < -0.4 is 5.32 Å². The fourth-order valence-electron chi connectivity index (χ4n) is 6.47. The van der Waals surface area contributed by atoms with E-state index in [2.05, 4.69) is 24.4 Å². The molecule has 0 spiro atoms. The van der Waals surface area contributed by atoms with Crippen LogP contribution in [0.25, 0.3) is 0 Å². The number of amides is 1. The molecule has 9 N–H and O–H groups in total. The van der Waals surface area contributed by atoms with Gasteiger partial charge in [0.05, 0.1) is 32.0 Å². The second-order valence-electron chi connectivity index (χ2n) is 14.4. The van der Waals surface area contributed by atoms with E-state index in [9.17, 15) is 45.6 Å². The summed E-state index contributed by atoms with van der Waals surface area (Å²) in [4.78, 5) is 12.9. The molecule has 53 heavy (non-hydrogen) atoms. The van der Waals surface area contributed by atoms with Crippen LogP contribution in [0.3, 0.4) is 0 Å². The molecule has 0 saturated carbocycles. The van der Waals surface area contributed by atoms with E-state index >= 15 is 0 Å². The molecule has 0 bridgehead atoms. The molecule has 1 amide bonds. The number of carbonyl (C=O) groups is 1. The first kappa shape index (κ1) is 47.6. The SMILES string of the molecule is CCC/C=C/C(O)C(COC1OC(CO)C(OC2OC(CO)C(O)C(O)C2O)C(O)C1O)NC(=O)CCCCCCC/C=C\CCCCCCCCC. The molecule has 14 heteroatoms. The van der Waals surface area contributed by atoms with E-state index in [-0.39, 0.29) is 18.9 Å². The molecule has 0 aromatic carbocycles. The van der Waals surface area contributed by atoms with E-state index in [1.54, 1.807) is 12.2 Å². The lowest BCUT2D eigenvalue weighted by molar-refractivity contribution is -0.359. The fourth-order valence-corrected chi connectivity index (χ4v) is 6.47. The predicted molar refractivity (Wildman–Crippen MR) is 198 cm³/mol. The molecular weight excluding hydrogens is 690 g/mol. The summed E-state index contributed by atoms with van der Waals surface area (Å²) in [5.41, 5.74) is 0. The second-order valence-corrected chi connectivity index (χ2v) is 14.4. The Labute approximate surface area is 316 Å². The third-order valence-electron chi connectivity index (χ3n) is 9.86. The molecule has 2 fully saturated rings. The Morgan fingerprint density at radius 2 is 1.23 bits per heavy atom. The largest absolute Gasteiger partial charge is 0.394 e. The number of carbonyl (C=O) groups excluding carboxylic acids is 1. The van der Waals surface area contributed by atoms with E-state index < -0.39 is 86.8 Å². The number of allylic oxidation sites excluding steroid dienone is 3. The first-order chi connectivity index (χ1) is 25.6. The summed E-state index contributed by atoms with van der Waals surface area (Å²) in [6, 6.07) is -0.910. The highest BCUT2D eigenvalue weighted by Crippen LogP contribution is 2.29. The van der Waals surface area contributed by atoms with Gasteiger partial charge in [0.15, 0.2) is 12.6 Å². The Morgan fingerprint density at radius 3 is 1.83 bits per heavy atom. The summed E-state index contributed by atoms with van der Waals surface area (Å²) in [6.45, 7) is 2.51. The summed E-state index contributed by atoms with van der Waals surface area (Å²) in [6.07, 6.45) is 9.15. The maximum atomic E-state index is 12.9. The van der Waals surface area contributed by atoms with Crippen molar-refractivity contribution < 1.29 is 64.6 Å². The van der Waals surface area contributed by atoms with Crippen LogP contribution in [-0.4, -0.2) is 140 Å². The highest BCUT2D eigenvalue weighted by Gasteiger charge is 2.50. The van der Waals surface area contributed by atoms with Crippen molar-refractivity contribution in [2.75, 3.05) is 19.8 Å². The van der Waals surface area contributed by atoms with E-state index in [0.717, 1.165) is 51.4 Å². The minimum absolute atomic E-state index is 0.263. The van der Waals surface area contributed by atoms with Gasteiger partial charge in [0.1, 0.15) is 48.8 Å². The van der Waals surface area contributed by atoms with Crippen LogP contribution in [0.4, 0.5) is 0 Å². The van der Waals surface area contributed by atoms with Crippen molar-refractivity contribution in [1.82, 2.24) is 5.32 Å². The molecule has 0 aliphatic carbocycles. The summed E-state index contributed by atoms with van der Waals surface area (Å²) >= 11 is 0. The van der Waals surface area contributed by atoms with Gasteiger partial charge >= 0.3 is 0 Å². The maximum absolute atomic E-state index is 12.9. The van der Waals surface area contributed by atoms with Crippen molar-refractivity contribution in [3.05, 3.63) is 24.3 Å². The predicted octanol–water partition coefficient (Wildman–Crippen LogP) is 2.26. The van der Waals surface area contributed by atoms with Gasteiger partial charge in [0, 0.05) is 6.42 Å². The average Bonchev–Trinajstić information content (AvgIpc) is 3.15. The topological polar surface area (TPSA) is 228 Å². The van der Waals surface area contributed by atoms with Crippen LogP contribution >= 0.6 is 0 Å². The van der Waals surface area contributed by atoms with Gasteiger partial charge in [-0.05, 0) is 38.5 Å². The molecular formula is C39H71NO13. The molecule has 12 unspecified atom stereocenters. The standard InChI is InChI=1S/C39H71NO13/c1-3-5-7-8-9-10-11-12-13-14-15-16-17-18-19-21-23-31(44)40-27(28(43)22-20-6-4-2)26-50-38-36(49)34(47)37(30(25-42)52-38)53-39-35(48)33(46)32(45)29(24-41)51-39/h13-14,20,22,27-30,32-39,41-43,45-49H,3-12,15-19,21,23-26H2,1-2H3,(H,40,44)/b14-13-,22-20+. The van der Waals surface area contributed by atoms with Crippen LogP contribution in [-0.2, 0) is 23.7 Å². The van der Waals surface area contributed by atoms with Gasteiger partial charge in [0.25, 0.3) is 0 Å². The van der Waals surface area contributed by atoms with Gasteiger partial charge in [-0.3, -0.25) is 4.79 Å². The molecule has 2 aliphatic heterocycles. The monoisotopic (exact) mass is 761 g/mol. The lowest BCUT2D eigenvalue weighted by Gasteiger charge is -2.46. The van der Waals surface area contributed by atoms with E-state index in [4.69, 9.17) is 18.9 Å². The summed E-state index contributed by atoms with van der Waals surface area (Å²) in [7, 11) is 0. The van der Waals surface area contributed by atoms with Gasteiger partial charge < -0.3 is 65.1 Å². The number of unbranched alkanes of at least 4 members (excludes halogenated alkanes) is 13. The Kier molecular flexibility index (Phi) is 25.1. The molecule has 310 valence electrons. The number of ether oxygens (including phenoxy) is 4. The highest BCUT2D eigenvalue weighted by atomic mass is 16.7. The molecule has 2 aliphatic rings. The van der Waals surface area contributed by atoms with Crippen molar-refractivity contribution in [3.8, 4) is 0 Å². The van der Waals surface area contributed by atoms with Crippen LogP contribution in [0.15, 0.2) is 24.3 Å². The number of aliphatic hydroxyl groups is 8. The molecule has 0 aromatic heterocycles. The minimum Gasteiger partial charge on any atom is -0.394 e. The van der Waals surface area contributed by atoms with Gasteiger partial charge in [-0.15, -0.1) is 0 Å². The number of nitrogens with one attached hydrogen (secondary N) is 1. The Hall–Kier alpha value is -1.53.